The molecule has 0 fully saturated rings. The van der Waals surface area contributed by atoms with Gasteiger partial charge in [0.25, 0.3) is 0 Å². The molecule has 0 aliphatic rings. The summed E-state index contributed by atoms with van der Waals surface area (Å²) in [6.07, 6.45) is 0.479. The first-order chi connectivity index (χ1) is 5.91. The molecule has 0 rings (SSSR count). The summed E-state index contributed by atoms with van der Waals surface area (Å²) >= 11 is 0. The van der Waals surface area contributed by atoms with Crippen molar-refractivity contribution in [2.24, 2.45) is 11.8 Å². The van der Waals surface area contributed by atoms with E-state index in [-0.39, 0.29) is 71.7 Å². The van der Waals surface area contributed by atoms with Crippen molar-refractivity contribution in [3.8, 4) is 0 Å². The summed E-state index contributed by atoms with van der Waals surface area (Å²) in [7, 11) is 0. The summed E-state index contributed by atoms with van der Waals surface area (Å²) < 4.78 is 0. The second-order valence-electron chi connectivity index (χ2n) is 3.61. The molecule has 5 nitrogen and oxygen atoms in total. The minimum absolute atomic E-state index is 0. The van der Waals surface area contributed by atoms with Crippen LogP contribution in [-0.2, 0) is 4.79 Å². The van der Waals surface area contributed by atoms with Gasteiger partial charge in [0.05, 0.1) is 6.42 Å². The quantitative estimate of drug-likeness (QED) is 0.342. The van der Waals surface area contributed by atoms with E-state index in [0.29, 0.717) is 12.3 Å². The topological polar surface area (TPSA) is 80.4 Å². The van der Waals surface area contributed by atoms with Crippen LogP contribution in [0.2, 0.25) is 0 Å². The molecule has 6 heteroatoms. The SMILES string of the molecule is CC(C)C[C@@H](CC(=O)O)C[N+](=O)[O-].[H-].[K+]. The Morgan fingerprint density at radius 3 is 2.36 bits per heavy atom. The van der Waals surface area contributed by atoms with Crippen LogP contribution in [0.3, 0.4) is 0 Å². The van der Waals surface area contributed by atoms with Crippen molar-refractivity contribution < 1.29 is 67.6 Å². The molecule has 0 heterocycles. The zero-order chi connectivity index (χ0) is 10.4. The summed E-state index contributed by atoms with van der Waals surface area (Å²) in [5.74, 6) is -1.01. The number of nitro groups is 1. The fourth-order valence-corrected chi connectivity index (χ4v) is 1.35. The summed E-state index contributed by atoms with van der Waals surface area (Å²) in [6.45, 7) is 3.61. The molecule has 0 unspecified atom stereocenters. The van der Waals surface area contributed by atoms with Crippen LogP contribution in [0.5, 0.6) is 0 Å². The van der Waals surface area contributed by atoms with E-state index in [9.17, 15) is 14.9 Å². The summed E-state index contributed by atoms with van der Waals surface area (Å²) in [5.41, 5.74) is 0. The molecule has 0 spiro atoms. The Bertz CT molecular complexity index is 185. The molecule has 0 bridgehead atoms. The van der Waals surface area contributed by atoms with Crippen LogP contribution in [0, 0.1) is 22.0 Å². The van der Waals surface area contributed by atoms with Crippen LogP contribution < -0.4 is 51.4 Å². The van der Waals surface area contributed by atoms with Gasteiger partial charge in [-0.1, -0.05) is 13.8 Å². The fraction of sp³-hybridized carbons (Fsp3) is 0.875. The molecule has 0 saturated carbocycles. The second kappa shape index (κ2) is 8.79. The van der Waals surface area contributed by atoms with E-state index in [2.05, 4.69) is 0 Å². The van der Waals surface area contributed by atoms with Crippen LogP contribution in [0.25, 0.3) is 0 Å². The van der Waals surface area contributed by atoms with Gasteiger partial charge in [-0.3, -0.25) is 14.9 Å². The van der Waals surface area contributed by atoms with Crippen LogP contribution in [0.15, 0.2) is 0 Å². The molecular weight excluding hydrogens is 213 g/mol. The molecule has 0 saturated heterocycles. The average Bonchev–Trinajstić information content (AvgIpc) is 1.80. The Morgan fingerprint density at radius 1 is 1.57 bits per heavy atom. The smallest absolute Gasteiger partial charge is 1.00 e. The van der Waals surface area contributed by atoms with E-state index in [1.165, 1.54) is 0 Å². The van der Waals surface area contributed by atoms with Crippen LogP contribution in [-0.4, -0.2) is 22.5 Å². The molecule has 0 aliphatic heterocycles. The van der Waals surface area contributed by atoms with Gasteiger partial charge >= 0.3 is 57.4 Å². The van der Waals surface area contributed by atoms with E-state index in [1.54, 1.807) is 0 Å². The standard InChI is InChI=1S/C8H15NO4.K.H/c1-6(2)3-7(4-8(10)11)5-9(12)13;;/h6-7H,3-5H2,1-2H3,(H,10,11);;/q;+1;-1/t7-;;/m0../s1. The summed E-state index contributed by atoms with van der Waals surface area (Å²) in [6, 6.07) is 0. The van der Waals surface area contributed by atoms with Crippen molar-refractivity contribution in [3.63, 3.8) is 0 Å². The first kappa shape index (κ1) is 16.9. The molecule has 0 amide bonds. The molecule has 0 radical (unpaired) electrons. The Balaban J connectivity index is -0.000000720. The third-order valence-corrected chi connectivity index (χ3v) is 1.68. The maximum atomic E-state index is 10.4. The molecular formula is C8H16KNO4. The van der Waals surface area contributed by atoms with Gasteiger partial charge in [-0.2, -0.15) is 0 Å². The van der Waals surface area contributed by atoms with Gasteiger partial charge in [-0.05, 0) is 12.3 Å². The van der Waals surface area contributed by atoms with E-state index >= 15 is 0 Å². The number of carboxylic acid groups (broad SMARTS) is 1. The zero-order valence-electron chi connectivity index (χ0n) is 9.90. The third kappa shape index (κ3) is 10.6. The Kier molecular flexibility index (Phi) is 10.6. The maximum Gasteiger partial charge on any atom is 1.00 e. The van der Waals surface area contributed by atoms with Gasteiger partial charge in [0.2, 0.25) is 6.54 Å². The number of carboxylic acids is 1. The molecule has 78 valence electrons. The number of rotatable bonds is 6. The Hall–Kier alpha value is 0.506. The van der Waals surface area contributed by atoms with E-state index in [0.717, 1.165) is 0 Å². The normalized spacial score (nSPS) is 11.9. The van der Waals surface area contributed by atoms with Crippen molar-refractivity contribution in [1.29, 1.82) is 0 Å². The van der Waals surface area contributed by atoms with E-state index in [1.807, 2.05) is 13.8 Å². The third-order valence-electron chi connectivity index (χ3n) is 1.68. The van der Waals surface area contributed by atoms with Crippen molar-refractivity contribution in [1.82, 2.24) is 0 Å². The summed E-state index contributed by atoms with van der Waals surface area (Å²) in [4.78, 5) is 20.1. The van der Waals surface area contributed by atoms with Gasteiger partial charge in [0.15, 0.2) is 0 Å². The first-order valence-corrected chi connectivity index (χ1v) is 4.25. The van der Waals surface area contributed by atoms with Crippen LogP contribution >= 0.6 is 0 Å². The van der Waals surface area contributed by atoms with Gasteiger partial charge in [-0.15, -0.1) is 0 Å². The number of carbonyl (C=O) groups is 1. The second-order valence-corrected chi connectivity index (χ2v) is 3.61. The van der Waals surface area contributed by atoms with Crippen LogP contribution in [0.4, 0.5) is 0 Å². The Labute approximate surface area is 127 Å². The predicted octanol–water partition coefficient (Wildman–Crippen LogP) is -1.48. The fourth-order valence-electron chi connectivity index (χ4n) is 1.35. The van der Waals surface area contributed by atoms with Crippen molar-refractivity contribution >= 4 is 5.97 Å². The molecule has 0 aromatic rings. The van der Waals surface area contributed by atoms with E-state index < -0.39 is 10.9 Å². The van der Waals surface area contributed by atoms with Gasteiger partial charge in [0.1, 0.15) is 0 Å². The molecule has 1 atom stereocenters. The molecule has 1 N–H and O–H groups in total. The Morgan fingerprint density at radius 2 is 2.07 bits per heavy atom. The van der Waals surface area contributed by atoms with Gasteiger partial charge in [0, 0.05) is 10.8 Å². The average molecular weight is 229 g/mol. The first-order valence-electron chi connectivity index (χ1n) is 4.25. The van der Waals surface area contributed by atoms with Crippen LogP contribution in [0.1, 0.15) is 28.1 Å². The predicted molar refractivity (Wildman–Crippen MR) is 48.2 cm³/mol. The molecule has 0 aromatic heterocycles. The van der Waals surface area contributed by atoms with Crippen molar-refractivity contribution in [2.75, 3.05) is 6.54 Å². The molecule has 14 heavy (non-hydrogen) atoms. The number of aliphatic carboxylic acids is 1. The van der Waals surface area contributed by atoms with Crippen molar-refractivity contribution in [3.05, 3.63) is 10.1 Å². The van der Waals surface area contributed by atoms with Gasteiger partial charge < -0.3 is 6.53 Å². The monoisotopic (exact) mass is 229 g/mol. The zero-order valence-corrected chi connectivity index (χ0v) is 12.0. The van der Waals surface area contributed by atoms with Gasteiger partial charge in [-0.25, -0.2) is 0 Å². The number of hydrogen-bond donors (Lipinski definition) is 1. The minimum Gasteiger partial charge on any atom is -1.00 e. The molecule has 0 aliphatic carbocycles. The largest absolute Gasteiger partial charge is 1.00 e. The minimum atomic E-state index is -0.965. The molecule has 0 aromatic carbocycles. The maximum absolute atomic E-state index is 10.4. The number of hydrogen-bond acceptors (Lipinski definition) is 3. The number of nitrogens with zero attached hydrogens (tertiary/aromatic N) is 1. The van der Waals surface area contributed by atoms with Crippen molar-refractivity contribution in [2.45, 2.75) is 26.7 Å². The van der Waals surface area contributed by atoms with E-state index in [4.69, 9.17) is 5.11 Å². The summed E-state index contributed by atoms with van der Waals surface area (Å²) in [5, 5.41) is 18.7.